The van der Waals surface area contributed by atoms with Gasteiger partial charge in [0, 0.05) is 23.9 Å². The summed E-state index contributed by atoms with van der Waals surface area (Å²) < 4.78 is 1.98. The molecule has 5 heteroatoms. The molecule has 0 bridgehead atoms. The minimum atomic E-state index is 0. The molecule has 1 saturated carbocycles. The van der Waals surface area contributed by atoms with E-state index in [1.54, 1.807) is 0 Å². The number of aromatic nitrogens is 2. The van der Waals surface area contributed by atoms with Gasteiger partial charge >= 0.3 is 0 Å². The monoisotopic (exact) mass is 271 g/mol. The van der Waals surface area contributed by atoms with E-state index in [1.165, 1.54) is 5.69 Å². The molecule has 2 aromatic rings. The third kappa shape index (κ3) is 2.63. The zero-order valence-corrected chi connectivity index (χ0v) is 10.8. The lowest BCUT2D eigenvalue weighted by Crippen LogP contribution is -2.06. The Balaban J connectivity index is 0.000000722. The highest BCUT2D eigenvalue weighted by Gasteiger charge is 2.37. The summed E-state index contributed by atoms with van der Waals surface area (Å²) in [6, 6.07) is 12.6. The number of rotatable bonds is 2. The van der Waals surface area contributed by atoms with Crippen molar-refractivity contribution < 1.29 is 0 Å². The minimum absolute atomic E-state index is 0. The normalized spacial score (nSPS) is 21.2. The molecule has 92 valence electrons. The zero-order chi connectivity index (χ0) is 10.3. The third-order valence-electron chi connectivity index (χ3n) is 2.89. The smallest absolute Gasteiger partial charge is 0.0648 e. The maximum Gasteiger partial charge on any atom is 0.0648 e. The van der Waals surface area contributed by atoms with Gasteiger partial charge in [0.25, 0.3) is 0 Å². The first-order chi connectivity index (χ1) is 7.36. The van der Waals surface area contributed by atoms with Gasteiger partial charge in [-0.05, 0) is 24.6 Å². The fraction of sp³-hybridized carbons (Fsp3) is 0.250. The molecule has 1 fully saturated rings. The highest BCUT2D eigenvalue weighted by Crippen LogP contribution is 2.39. The van der Waals surface area contributed by atoms with Crippen LogP contribution in [0.1, 0.15) is 18.0 Å². The predicted molar refractivity (Wildman–Crippen MR) is 73.4 cm³/mol. The highest BCUT2D eigenvalue weighted by atomic mass is 35.5. The van der Waals surface area contributed by atoms with Crippen molar-refractivity contribution in [3.63, 3.8) is 0 Å². The lowest BCUT2D eigenvalue weighted by molar-refractivity contribution is 0.795. The Bertz CT molecular complexity index is 470. The maximum absolute atomic E-state index is 5.86. The van der Waals surface area contributed by atoms with Crippen LogP contribution in [0.2, 0.25) is 0 Å². The van der Waals surface area contributed by atoms with E-state index >= 15 is 0 Å². The van der Waals surface area contributed by atoms with E-state index in [4.69, 9.17) is 5.73 Å². The summed E-state index contributed by atoms with van der Waals surface area (Å²) in [7, 11) is 0. The molecular weight excluding hydrogens is 257 g/mol. The van der Waals surface area contributed by atoms with Crippen molar-refractivity contribution >= 4 is 24.8 Å². The highest BCUT2D eigenvalue weighted by molar-refractivity contribution is 5.85. The molecule has 0 radical (unpaired) electrons. The van der Waals surface area contributed by atoms with Crippen molar-refractivity contribution in [1.82, 2.24) is 9.78 Å². The zero-order valence-electron chi connectivity index (χ0n) is 9.19. The first-order valence-electron chi connectivity index (χ1n) is 5.21. The van der Waals surface area contributed by atoms with Crippen LogP contribution in [-0.2, 0) is 0 Å². The molecule has 1 aliphatic carbocycles. The lowest BCUT2D eigenvalue weighted by atomic mass is 10.2. The number of para-hydroxylation sites is 1. The van der Waals surface area contributed by atoms with Crippen LogP contribution >= 0.6 is 24.8 Å². The van der Waals surface area contributed by atoms with E-state index in [2.05, 4.69) is 23.3 Å². The summed E-state index contributed by atoms with van der Waals surface area (Å²) in [5.74, 6) is 0.493. The molecule has 0 saturated heterocycles. The largest absolute Gasteiger partial charge is 0.327 e. The van der Waals surface area contributed by atoms with Crippen LogP contribution in [0.4, 0.5) is 0 Å². The number of hydrogen-bond acceptors (Lipinski definition) is 2. The Kier molecular flexibility index (Phi) is 4.57. The quantitative estimate of drug-likeness (QED) is 0.913. The van der Waals surface area contributed by atoms with E-state index in [-0.39, 0.29) is 24.8 Å². The molecule has 1 aliphatic rings. The van der Waals surface area contributed by atoms with Crippen molar-refractivity contribution in [3.8, 4) is 5.69 Å². The second-order valence-corrected chi connectivity index (χ2v) is 4.01. The second-order valence-electron chi connectivity index (χ2n) is 4.01. The summed E-state index contributed by atoms with van der Waals surface area (Å²) in [5, 5.41) is 4.34. The Morgan fingerprint density at radius 3 is 2.35 bits per heavy atom. The third-order valence-corrected chi connectivity index (χ3v) is 2.89. The summed E-state index contributed by atoms with van der Waals surface area (Å²) >= 11 is 0. The van der Waals surface area contributed by atoms with Crippen LogP contribution in [0.5, 0.6) is 0 Å². The van der Waals surface area contributed by atoms with Crippen LogP contribution in [0.15, 0.2) is 42.6 Å². The van der Waals surface area contributed by atoms with Gasteiger partial charge in [0.1, 0.15) is 0 Å². The molecule has 1 heterocycles. The van der Waals surface area contributed by atoms with Crippen molar-refractivity contribution in [2.75, 3.05) is 0 Å². The topological polar surface area (TPSA) is 43.8 Å². The fourth-order valence-corrected chi connectivity index (χ4v) is 1.93. The molecule has 3 rings (SSSR count). The standard InChI is InChI=1S/C12H13N3.2ClH/c13-11-8-10(11)12-6-7-14-15(12)9-4-2-1-3-5-9;;/h1-7,10-11H,8,13H2;2*1H/t10-,11-;;/m1../s1. The van der Waals surface area contributed by atoms with Gasteiger partial charge < -0.3 is 5.73 Å². The number of halogens is 2. The average molecular weight is 272 g/mol. The number of nitrogens with two attached hydrogens (primary N) is 1. The number of hydrogen-bond donors (Lipinski definition) is 1. The SMILES string of the molecule is Cl.Cl.N[C@@H]1C[C@H]1c1ccnn1-c1ccccc1. The molecule has 2 atom stereocenters. The summed E-state index contributed by atoms with van der Waals surface area (Å²) in [5.41, 5.74) is 8.20. The molecule has 0 amide bonds. The molecule has 0 aliphatic heterocycles. The molecule has 0 spiro atoms. The molecule has 17 heavy (non-hydrogen) atoms. The lowest BCUT2D eigenvalue weighted by Gasteiger charge is -2.05. The summed E-state index contributed by atoms with van der Waals surface area (Å²) in [4.78, 5) is 0. The van der Waals surface area contributed by atoms with E-state index in [1.807, 2.05) is 29.1 Å². The van der Waals surface area contributed by atoms with Crippen LogP contribution in [0, 0.1) is 0 Å². The van der Waals surface area contributed by atoms with E-state index in [0.717, 1.165) is 12.1 Å². The predicted octanol–water partition coefficient (Wildman–Crippen LogP) is 2.53. The molecule has 1 aromatic heterocycles. The average Bonchev–Trinajstić information content (AvgIpc) is 2.82. The van der Waals surface area contributed by atoms with Crippen molar-refractivity contribution in [1.29, 1.82) is 0 Å². The van der Waals surface area contributed by atoms with Gasteiger partial charge in [-0.3, -0.25) is 0 Å². The van der Waals surface area contributed by atoms with E-state index in [9.17, 15) is 0 Å². The van der Waals surface area contributed by atoms with Gasteiger partial charge in [-0.15, -0.1) is 24.8 Å². The Morgan fingerprint density at radius 1 is 1.12 bits per heavy atom. The molecule has 1 aromatic carbocycles. The molecule has 0 unspecified atom stereocenters. The van der Waals surface area contributed by atoms with Gasteiger partial charge in [0.2, 0.25) is 0 Å². The van der Waals surface area contributed by atoms with Crippen molar-refractivity contribution in [3.05, 3.63) is 48.3 Å². The van der Waals surface area contributed by atoms with Crippen molar-refractivity contribution in [2.45, 2.75) is 18.4 Å². The maximum atomic E-state index is 5.86. The number of benzene rings is 1. The van der Waals surface area contributed by atoms with Crippen molar-refractivity contribution in [2.24, 2.45) is 5.73 Å². The summed E-state index contributed by atoms with van der Waals surface area (Å²) in [6.07, 6.45) is 2.92. The molecular formula is C12H15Cl2N3. The second kappa shape index (κ2) is 5.54. The van der Waals surface area contributed by atoms with Gasteiger partial charge in [-0.25, -0.2) is 4.68 Å². The van der Waals surface area contributed by atoms with Crippen LogP contribution < -0.4 is 5.73 Å². The van der Waals surface area contributed by atoms with E-state index < -0.39 is 0 Å². The number of nitrogens with zero attached hydrogens (tertiary/aromatic N) is 2. The Hall–Kier alpha value is -1.03. The Labute approximate surface area is 113 Å². The van der Waals surface area contributed by atoms with Crippen LogP contribution in [-0.4, -0.2) is 15.8 Å². The van der Waals surface area contributed by atoms with Crippen LogP contribution in [0.3, 0.4) is 0 Å². The first-order valence-corrected chi connectivity index (χ1v) is 5.21. The van der Waals surface area contributed by atoms with E-state index in [0.29, 0.717) is 12.0 Å². The Morgan fingerprint density at radius 2 is 1.76 bits per heavy atom. The first kappa shape index (κ1) is 14.0. The minimum Gasteiger partial charge on any atom is -0.327 e. The summed E-state index contributed by atoms with van der Waals surface area (Å²) in [6.45, 7) is 0. The molecule has 2 N–H and O–H groups in total. The fourth-order valence-electron chi connectivity index (χ4n) is 1.93. The van der Waals surface area contributed by atoms with Gasteiger partial charge in [-0.1, -0.05) is 18.2 Å². The van der Waals surface area contributed by atoms with Gasteiger partial charge in [0.15, 0.2) is 0 Å². The van der Waals surface area contributed by atoms with Gasteiger partial charge in [-0.2, -0.15) is 5.10 Å². The molecule has 3 nitrogen and oxygen atoms in total. The van der Waals surface area contributed by atoms with Crippen LogP contribution in [0.25, 0.3) is 5.69 Å². The van der Waals surface area contributed by atoms with Gasteiger partial charge in [0.05, 0.1) is 5.69 Å².